The number of carbonyl (C=O) groups is 2. The first kappa shape index (κ1) is 23.5. The van der Waals surface area contributed by atoms with Gasteiger partial charge in [0.05, 0.1) is 32.3 Å². The summed E-state index contributed by atoms with van der Waals surface area (Å²) in [6.07, 6.45) is 0.698. The van der Waals surface area contributed by atoms with Gasteiger partial charge in [0.1, 0.15) is 0 Å². The molecule has 3 aliphatic rings. The van der Waals surface area contributed by atoms with Gasteiger partial charge in [0.2, 0.25) is 12.5 Å². The van der Waals surface area contributed by atoms with Crippen LogP contribution in [0, 0.1) is 11.8 Å². The molecular weight excluding hydrogens is 500 g/mol. The molecule has 0 bridgehead atoms. The minimum atomic E-state index is -0.587. The van der Waals surface area contributed by atoms with Crippen molar-refractivity contribution >= 4 is 23.5 Å². The van der Waals surface area contributed by atoms with E-state index >= 15 is 0 Å². The van der Waals surface area contributed by atoms with E-state index in [4.69, 9.17) is 40.0 Å². The van der Waals surface area contributed by atoms with Gasteiger partial charge in [-0.3, -0.25) is 4.79 Å². The van der Waals surface area contributed by atoms with Crippen molar-refractivity contribution < 1.29 is 38.0 Å². The number of methoxy groups -OCH3 is 2. The number of ether oxygens (including phenoxy) is 6. The fourth-order valence-electron chi connectivity index (χ4n) is 5.42. The van der Waals surface area contributed by atoms with Crippen LogP contribution in [0.4, 0.5) is 0 Å². The molecule has 8 nitrogen and oxygen atoms in total. The average molecular weight is 523 g/mol. The summed E-state index contributed by atoms with van der Waals surface area (Å²) in [6.45, 7) is 0.520. The standard InChI is InChI=1S/C28H23ClO8/c1-32-22-9-16(10-23(33-2)26(22)37-27(30)14-3-5-18(29)6-4-14)24-19-11-21-20(35-13-36-21)8-15(19)7-17-12-34-28(31)25(17)24/h3-6,8-11,17,24-25H,7,12-13H2,1-2H3/t17-,24+,25-/m0/s1. The third-order valence-electron chi connectivity index (χ3n) is 7.15. The van der Waals surface area contributed by atoms with Crippen molar-refractivity contribution in [1.29, 1.82) is 0 Å². The topological polar surface area (TPSA) is 89.5 Å². The summed E-state index contributed by atoms with van der Waals surface area (Å²) in [4.78, 5) is 25.8. The molecular formula is C28H23ClO8. The Bertz CT molecular complexity index is 1380. The lowest BCUT2D eigenvalue weighted by atomic mass is 9.67. The number of carbonyl (C=O) groups excluding carboxylic acids is 2. The summed E-state index contributed by atoms with van der Waals surface area (Å²) in [6, 6.07) is 13.9. The zero-order valence-corrected chi connectivity index (χ0v) is 20.9. The van der Waals surface area contributed by atoms with Gasteiger partial charge >= 0.3 is 11.9 Å². The lowest BCUT2D eigenvalue weighted by molar-refractivity contribution is -0.141. The smallest absolute Gasteiger partial charge is 0.343 e. The minimum absolute atomic E-state index is 0.0183. The molecule has 0 aromatic heterocycles. The summed E-state index contributed by atoms with van der Waals surface area (Å²) in [5, 5.41) is 0.509. The van der Waals surface area contributed by atoms with Gasteiger partial charge in [-0.15, -0.1) is 0 Å². The predicted octanol–water partition coefficient (Wildman–Crippen LogP) is 4.78. The maximum absolute atomic E-state index is 12.9. The fourth-order valence-corrected chi connectivity index (χ4v) is 5.55. The van der Waals surface area contributed by atoms with E-state index in [1.54, 1.807) is 36.4 Å². The fraction of sp³-hybridized carbons (Fsp3) is 0.286. The first-order chi connectivity index (χ1) is 18.0. The zero-order chi connectivity index (χ0) is 25.7. The molecule has 3 atom stereocenters. The molecule has 0 saturated carbocycles. The molecule has 37 heavy (non-hydrogen) atoms. The average Bonchev–Trinajstić information content (AvgIpc) is 3.52. The van der Waals surface area contributed by atoms with E-state index in [9.17, 15) is 9.59 Å². The number of benzene rings is 3. The summed E-state index contributed by atoms with van der Waals surface area (Å²) in [5.74, 6) is 0.532. The molecule has 0 radical (unpaired) electrons. The van der Waals surface area contributed by atoms with Gasteiger partial charge in [-0.2, -0.15) is 0 Å². The highest BCUT2D eigenvalue weighted by molar-refractivity contribution is 6.30. The Morgan fingerprint density at radius 2 is 1.62 bits per heavy atom. The van der Waals surface area contributed by atoms with Crippen molar-refractivity contribution in [3.8, 4) is 28.7 Å². The normalized spacial score (nSPS) is 21.1. The number of halogens is 1. The molecule has 3 aromatic carbocycles. The Balaban J connectivity index is 1.44. The zero-order valence-electron chi connectivity index (χ0n) is 20.1. The molecule has 3 aromatic rings. The molecule has 6 rings (SSSR count). The van der Waals surface area contributed by atoms with Crippen LogP contribution in [-0.2, 0) is 16.0 Å². The van der Waals surface area contributed by atoms with E-state index < -0.39 is 5.97 Å². The van der Waals surface area contributed by atoms with Crippen LogP contribution < -0.4 is 23.7 Å². The third-order valence-corrected chi connectivity index (χ3v) is 7.40. The van der Waals surface area contributed by atoms with Crippen LogP contribution in [0.3, 0.4) is 0 Å². The van der Waals surface area contributed by atoms with Gasteiger partial charge in [0, 0.05) is 16.9 Å². The van der Waals surface area contributed by atoms with Crippen molar-refractivity contribution in [3.05, 3.63) is 75.8 Å². The molecule has 2 heterocycles. The second-order valence-electron chi connectivity index (χ2n) is 9.15. The maximum Gasteiger partial charge on any atom is 0.343 e. The molecule has 2 aliphatic heterocycles. The maximum atomic E-state index is 12.9. The highest BCUT2D eigenvalue weighted by Crippen LogP contribution is 2.52. The Hall–Kier alpha value is -3.91. The summed E-state index contributed by atoms with van der Waals surface area (Å²) < 4.78 is 33.7. The SMILES string of the molecule is COc1cc([C@@H]2c3cc4c(cc3C[C@H]3COC(=O)[C@@H]32)OCO4)cc(OC)c1OC(=O)c1ccc(Cl)cc1. The number of hydrogen-bond acceptors (Lipinski definition) is 8. The van der Waals surface area contributed by atoms with Crippen LogP contribution in [0.15, 0.2) is 48.5 Å². The predicted molar refractivity (Wildman–Crippen MR) is 132 cm³/mol. The van der Waals surface area contributed by atoms with Crippen molar-refractivity contribution in [3.63, 3.8) is 0 Å². The second-order valence-corrected chi connectivity index (χ2v) is 9.59. The molecule has 0 N–H and O–H groups in total. The molecule has 1 saturated heterocycles. The van der Waals surface area contributed by atoms with Crippen LogP contribution in [0.25, 0.3) is 0 Å². The van der Waals surface area contributed by atoms with E-state index in [2.05, 4.69) is 0 Å². The van der Waals surface area contributed by atoms with Crippen LogP contribution in [0.1, 0.15) is 33.0 Å². The van der Waals surface area contributed by atoms with Crippen molar-refractivity contribution in [1.82, 2.24) is 0 Å². The van der Waals surface area contributed by atoms with Gasteiger partial charge < -0.3 is 28.4 Å². The van der Waals surface area contributed by atoms with Crippen LogP contribution >= 0.6 is 11.6 Å². The summed E-state index contributed by atoms with van der Waals surface area (Å²) in [7, 11) is 2.97. The van der Waals surface area contributed by atoms with Crippen molar-refractivity contribution in [2.75, 3.05) is 27.6 Å². The number of esters is 2. The molecule has 1 fully saturated rings. The Labute approximate surface area is 217 Å². The Kier molecular flexibility index (Phi) is 5.83. The minimum Gasteiger partial charge on any atom is -0.493 e. The molecule has 0 spiro atoms. The van der Waals surface area contributed by atoms with Gasteiger partial charge in [0.25, 0.3) is 0 Å². The van der Waals surface area contributed by atoms with E-state index in [-0.39, 0.29) is 36.3 Å². The van der Waals surface area contributed by atoms with Crippen LogP contribution in [0.2, 0.25) is 5.02 Å². The first-order valence-corrected chi connectivity index (χ1v) is 12.2. The van der Waals surface area contributed by atoms with Crippen molar-refractivity contribution in [2.45, 2.75) is 12.3 Å². The van der Waals surface area contributed by atoms with Gasteiger partial charge in [-0.1, -0.05) is 11.6 Å². The Morgan fingerprint density at radius 1 is 0.946 bits per heavy atom. The summed E-state index contributed by atoms with van der Waals surface area (Å²) in [5.41, 5.74) is 3.13. The molecule has 190 valence electrons. The first-order valence-electron chi connectivity index (χ1n) is 11.8. The molecule has 0 unspecified atom stereocenters. The van der Waals surface area contributed by atoms with Crippen molar-refractivity contribution in [2.24, 2.45) is 11.8 Å². The van der Waals surface area contributed by atoms with E-state index in [1.807, 2.05) is 12.1 Å². The third kappa shape index (κ3) is 4.01. The highest BCUT2D eigenvalue weighted by Gasteiger charge is 2.48. The van der Waals surface area contributed by atoms with Crippen LogP contribution in [0.5, 0.6) is 28.7 Å². The van der Waals surface area contributed by atoms with E-state index in [1.165, 1.54) is 14.2 Å². The lowest BCUT2D eigenvalue weighted by Gasteiger charge is -2.34. The Morgan fingerprint density at radius 3 is 2.30 bits per heavy atom. The number of rotatable bonds is 5. The highest BCUT2D eigenvalue weighted by atomic mass is 35.5. The number of hydrogen-bond donors (Lipinski definition) is 0. The van der Waals surface area contributed by atoms with Crippen LogP contribution in [-0.4, -0.2) is 39.6 Å². The molecule has 0 amide bonds. The number of fused-ring (bicyclic) bond motifs is 3. The van der Waals surface area contributed by atoms with Gasteiger partial charge in [-0.05, 0) is 71.6 Å². The lowest BCUT2D eigenvalue weighted by Crippen LogP contribution is -2.31. The largest absolute Gasteiger partial charge is 0.493 e. The number of cyclic esters (lactones) is 1. The quantitative estimate of drug-likeness (QED) is 0.349. The van der Waals surface area contributed by atoms with E-state index in [0.717, 1.165) is 16.7 Å². The monoisotopic (exact) mass is 522 g/mol. The molecule has 9 heteroatoms. The van der Waals surface area contributed by atoms with E-state index in [0.29, 0.717) is 46.6 Å². The summed E-state index contributed by atoms with van der Waals surface area (Å²) >= 11 is 5.94. The van der Waals surface area contributed by atoms with Gasteiger partial charge in [0.15, 0.2) is 23.0 Å². The second kappa shape index (κ2) is 9.19. The molecule has 1 aliphatic carbocycles. The van der Waals surface area contributed by atoms with Gasteiger partial charge in [-0.25, -0.2) is 4.79 Å².